The van der Waals surface area contributed by atoms with Crippen molar-refractivity contribution in [1.82, 2.24) is 4.98 Å². The molecule has 0 aliphatic heterocycles. The predicted octanol–water partition coefficient (Wildman–Crippen LogP) is 3.44. The second-order valence-electron chi connectivity index (χ2n) is 3.55. The van der Waals surface area contributed by atoms with Crippen LogP contribution in [0, 0.1) is 6.92 Å². The zero-order valence-electron chi connectivity index (χ0n) is 9.21. The highest BCUT2D eigenvalue weighted by atomic mass is 32.2. The van der Waals surface area contributed by atoms with Gasteiger partial charge in [-0.3, -0.25) is 0 Å². The van der Waals surface area contributed by atoms with Crippen LogP contribution in [-0.4, -0.2) is 16.1 Å². The van der Waals surface area contributed by atoms with Crippen molar-refractivity contribution >= 4 is 29.1 Å². The van der Waals surface area contributed by atoms with E-state index in [0.29, 0.717) is 5.75 Å². The van der Waals surface area contributed by atoms with E-state index in [2.05, 4.69) is 24.0 Å². The Morgan fingerprint density at radius 3 is 3.00 bits per heavy atom. The summed E-state index contributed by atoms with van der Waals surface area (Å²) in [6, 6.07) is 8.22. The van der Waals surface area contributed by atoms with Crippen molar-refractivity contribution in [3.05, 3.63) is 45.9 Å². The summed E-state index contributed by atoms with van der Waals surface area (Å²) in [6.45, 7) is 2.05. The number of carboxylic acids is 1. The van der Waals surface area contributed by atoms with Gasteiger partial charge in [0.1, 0.15) is 0 Å². The molecule has 0 aliphatic rings. The van der Waals surface area contributed by atoms with Crippen molar-refractivity contribution in [2.75, 3.05) is 0 Å². The molecule has 0 saturated heterocycles. The monoisotopic (exact) mass is 265 g/mol. The third-order valence-electron chi connectivity index (χ3n) is 2.11. The summed E-state index contributed by atoms with van der Waals surface area (Å²) < 4.78 is 0. The highest BCUT2D eigenvalue weighted by Gasteiger charge is 2.08. The lowest BCUT2D eigenvalue weighted by atomic mass is 10.2. The number of nitrogens with zero attached hydrogens (tertiary/aromatic N) is 1. The Labute approximate surface area is 108 Å². The summed E-state index contributed by atoms with van der Waals surface area (Å²) in [6.07, 6.45) is 0. The van der Waals surface area contributed by atoms with Crippen molar-refractivity contribution < 1.29 is 9.90 Å². The molecule has 1 aromatic carbocycles. The van der Waals surface area contributed by atoms with E-state index < -0.39 is 5.97 Å². The number of aryl methyl sites for hydroxylation is 1. The lowest BCUT2D eigenvalue weighted by molar-refractivity contribution is 0.0696. The smallest absolute Gasteiger partial charge is 0.365 e. The second-order valence-corrected chi connectivity index (χ2v) is 5.46. The maximum absolute atomic E-state index is 10.7. The van der Waals surface area contributed by atoms with Crippen LogP contribution < -0.4 is 0 Å². The van der Waals surface area contributed by atoms with Gasteiger partial charge in [-0.1, -0.05) is 17.7 Å². The Balaban J connectivity index is 2.00. The highest BCUT2D eigenvalue weighted by molar-refractivity contribution is 7.98. The van der Waals surface area contributed by atoms with Crippen LogP contribution in [0.3, 0.4) is 0 Å². The number of thiazole rings is 1. The fraction of sp³-hybridized carbons (Fsp3) is 0.167. The van der Waals surface area contributed by atoms with Crippen molar-refractivity contribution in [2.45, 2.75) is 17.6 Å². The first-order chi connectivity index (χ1) is 8.15. The Hall–Kier alpha value is -1.33. The minimum Gasteiger partial charge on any atom is -0.476 e. The number of hydrogen-bond donors (Lipinski definition) is 1. The van der Waals surface area contributed by atoms with Gasteiger partial charge in [-0.25, -0.2) is 9.78 Å². The fourth-order valence-corrected chi connectivity index (χ4v) is 3.00. The molecule has 17 heavy (non-hydrogen) atoms. The SMILES string of the molecule is Cc1cccc(SCc2csc(C(=O)O)n2)c1. The lowest BCUT2D eigenvalue weighted by Crippen LogP contribution is -1.94. The Kier molecular flexibility index (Phi) is 3.81. The number of rotatable bonds is 4. The number of aromatic nitrogens is 1. The molecule has 0 radical (unpaired) electrons. The predicted molar refractivity (Wildman–Crippen MR) is 69.8 cm³/mol. The number of aromatic carboxylic acids is 1. The van der Waals surface area contributed by atoms with Gasteiger partial charge >= 0.3 is 5.97 Å². The summed E-state index contributed by atoms with van der Waals surface area (Å²) in [4.78, 5) is 15.9. The van der Waals surface area contributed by atoms with Gasteiger partial charge in [-0.15, -0.1) is 23.1 Å². The molecule has 88 valence electrons. The van der Waals surface area contributed by atoms with Crippen LogP contribution in [0.5, 0.6) is 0 Å². The van der Waals surface area contributed by atoms with E-state index in [1.165, 1.54) is 21.8 Å². The van der Waals surface area contributed by atoms with Crippen LogP contribution in [-0.2, 0) is 5.75 Å². The summed E-state index contributed by atoms with van der Waals surface area (Å²) in [5.74, 6) is -0.255. The molecule has 0 amide bonds. The van der Waals surface area contributed by atoms with Crippen molar-refractivity contribution in [2.24, 2.45) is 0 Å². The minimum absolute atomic E-state index is 0.157. The van der Waals surface area contributed by atoms with E-state index in [1.54, 1.807) is 17.1 Å². The van der Waals surface area contributed by atoms with Gasteiger partial charge in [0.25, 0.3) is 0 Å². The summed E-state index contributed by atoms with van der Waals surface area (Å²) >= 11 is 2.84. The molecule has 1 aromatic heterocycles. The molecule has 2 aromatic rings. The third-order valence-corrected chi connectivity index (χ3v) is 4.02. The number of benzene rings is 1. The fourth-order valence-electron chi connectivity index (χ4n) is 1.33. The zero-order chi connectivity index (χ0) is 12.3. The molecular weight excluding hydrogens is 254 g/mol. The summed E-state index contributed by atoms with van der Waals surface area (Å²) in [7, 11) is 0. The average Bonchev–Trinajstić information content (AvgIpc) is 2.75. The first kappa shape index (κ1) is 12.1. The molecule has 0 atom stereocenters. The van der Waals surface area contributed by atoms with Crippen LogP contribution in [0.1, 0.15) is 21.1 Å². The van der Waals surface area contributed by atoms with Crippen LogP contribution in [0.15, 0.2) is 34.5 Å². The van der Waals surface area contributed by atoms with E-state index >= 15 is 0 Å². The van der Waals surface area contributed by atoms with Crippen molar-refractivity contribution in [3.8, 4) is 0 Å². The van der Waals surface area contributed by atoms with Gasteiger partial charge in [0.05, 0.1) is 5.69 Å². The third kappa shape index (κ3) is 3.31. The van der Waals surface area contributed by atoms with Crippen LogP contribution >= 0.6 is 23.1 Å². The molecule has 1 N–H and O–H groups in total. The maximum Gasteiger partial charge on any atom is 0.365 e. The number of thioether (sulfide) groups is 1. The summed E-state index contributed by atoms with van der Waals surface area (Å²) in [5, 5.41) is 10.7. The molecule has 3 nitrogen and oxygen atoms in total. The molecule has 0 saturated carbocycles. The van der Waals surface area contributed by atoms with Gasteiger partial charge in [0.15, 0.2) is 0 Å². The standard InChI is InChI=1S/C12H11NO2S2/c1-8-3-2-4-10(5-8)16-6-9-7-17-11(13-9)12(14)15/h2-5,7H,6H2,1H3,(H,14,15). The van der Waals surface area contributed by atoms with Gasteiger partial charge in [0, 0.05) is 16.0 Å². The Bertz CT molecular complexity index is 537. The van der Waals surface area contributed by atoms with Crippen molar-refractivity contribution in [1.29, 1.82) is 0 Å². The lowest BCUT2D eigenvalue weighted by Gasteiger charge is -2.00. The average molecular weight is 265 g/mol. The van der Waals surface area contributed by atoms with Gasteiger partial charge in [-0.2, -0.15) is 0 Å². The van der Waals surface area contributed by atoms with E-state index in [4.69, 9.17) is 5.11 Å². The van der Waals surface area contributed by atoms with E-state index in [0.717, 1.165) is 5.69 Å². The molecule has 0 aliphatic carbocycles. The quantitative estimate of drug-likeness (QED) is 0.860. The Morgan fingerprint density at radius 1 is 1.53 bits per heavy atom. The maximum atomic E-state index is 10.7. The van der Waals surface area contributed by atoms with Gasteiger partial charge in [0.2, 0.25) is 5.01 Å². The molecule has 0 bridgehead atoms. The normalized spacial score (nSPS) is 10.4. The molecule has 0 spiro atoms. The largest absolute Gasteiger partial charge is 0.476 e. The van der Waals surface area contributed by atoms with E-state index in [9.17, 15) is 4.79 Å². The molecule has 0 fully saturated rings. The molecule has 2 rings (SSSR count). The van der Waals surface area contributed by atoms with Crippen LogP contribution in [0.4, 0.5) is 0 Å². The minimum atomic E-state index is -0.957. The molecule has 5 heteroatoms. The zero-order valence-corrected chi connectivity index (χ0v) is 10.8. The van der Waals surface area contributed by atoms with Crippen LogP contribution in [0.25, 0.3) is 0 Å². The van der Waals surface area contributed by atoms with E-state index in [1.807, 2.05) is 12.1 Å². The summed E-state index contributed by atoms with van der Waals surface area (Å²) in [5.41, 5.74) is 2.04. The molecule has 0 unspecified atom stereocenters. The number of carbonyl (C=O) groups is 1. The Morgan fingerprint density at radius 2 is 2.35 bits per heavy atom. The first-order valence-electron chi connectivity index (χ1n) is 5.02. The van der Waals surface area contributed by atoms with E-state index in [-0.39, 0.29) is 5.01 Å². The topological polar surface area (TPSA) is 50.2 Å². The number of hydrogen-bond acceptors (Lipinski definition) is 4. The first-order valence-corrected chi connectivity index (χ1v) is 6.89. The molecular formula is C12H11NO2S2. The van der Waals surface area contributed by atoms with Crippen LogP contribution in [0.2, 0.25) is 0 Å². The number of carboxylic acid groups (broad SMARTS) is 1. The molecule has 1 heterocycles. The van der Waals surface area contributed by atoms with Crippen molar-refractivity contribution in [3.63, 3.8) is 0 Å². The highest BCUT2D eigenvalue weighted by Crippen LogP contribution is 2.24. The van der Waals surface area contributed by atoms with Gasteiger partial charge in [-0.05, 0) is 19.1 Å². The van der Waals surface area contributed by atoms with Gasteiger partial charge < -0.3 is 5.11 Å². The second kappa shape index (κ2) is 5.33.